The quantitative estimate of drug-likeness (QED) is 0.691. The normalized spacial score (nSPS) is 10.5. The van der Waals surface area contributed by atoms with Gasteiger partial charge >= 0.3 is 0 Å². The lowest BCUT2D eigenvalue weighted by Gasteiger charge is -2.23. The lowest BCUT2D eigenvalue weighted by Crippen LogP contribution is -2.33. The van der Waals surface area contributed by atoms with Crippen LogP contribution in [0.5, 0.6) is 0 Å². The Morgan fingerprint density at radius 1 is 0.962 bits per heavy atom. The summed E-state index contributed by atoms with van der Waals surface area (Å²) in [6.07, 6.45) is 1.69. The van der Waals surface area contributed by atoms with E-state index in [2.05, 4.69) is 4.98 Å². The van der Waals surface area contributed by atoms with Crippen LogP contribution < -0.4 is 0 Å². The Balaban J connectivity index is 1.85. The molecule has 0 atom stereocenters. The SMILES string of the molecule is O=C(c1cccnc1Sc1ccccc1)N(CCO)Cc1ccccc1. The van der Waals surface area contributed by atoms with Crippen LogP contribution in [0.15, 0.2) is 88.9 Å². The number of benzene rings is 2. The van der Waals surface area contributed by atoms with Crippen LogP contribution >= 0.6 is 11.8 Å². The summed E-state index contributed by atoms with van der Waals surface area (Å²) >= 11 is 1.46. The van der Waals surface area contributed by atoms with Gasteiger partial charge in [0.15, 0.2) is 0 Å². The average Bonchev–Trinajstić information content (AvgIpc) is 2.69. The summed E-state index contributed by atoms with van der Waals surface area (Å²) in [5.74, 6) is -0.130. The summed E-state index contributed by atoms with van der Waals surface area (Å²) in [7, 11) is 0. The highest BCUT2D eigenvalue weighted by molar-refractivity contribution is 7.99. The van der Waals surface area contributed by atoms with Crippen LogP contribution in [0.25, 0.3) is 0 Å². The van der Waals surface area contributed by atoms with Crippen LogP contribution in [-0.4, -0.2) is 34.0 Å². The number of carbonyl (C=O) groups excluding carboxylic acids is 1. The van der Waals surface area contributed by atoms with E-state index in [4.69, 9.17) is 0 Å². The molecule has 3 aromatic rings. The van der Waals surface area contributed by atoms with Gasteiger partial charge in [-0.05, 0) is 29.8 Å². The molecule has 3 rings (SSSR count). The number of nitrogens with zero attached hydrogens (tertiary/aromatic N) is 2. The minimum atomic E-state index is -0.130. The van der Waals surface area contributed by atoms with Crippen molar-refractivity contribution in [3.63, 3.8) is 0 Å². The van der Waals surface area contributed by atoms with Crippen LogP contribution in [0.4, 0.5) is 0 Å². The number of hydrogen-bond acceptors (Lipinski definition) is 4. The summed E-state index contributed by atoms with van der Waals surface area (Å²) in [5.41, 5.74) is 1.57. The number of aliphatic hydroxyl groups excluding tert-OH is 1. The lowest BCUT2D eigenvalue weighted by molar-refractivity contribution is 0.0703. The van der Waals surface area contributed by atoms with Crippen molar-refractivity contribution in [3.05, 3.63) is 90.1 Å². The molecule has 0 bridgehead atoms. The van der Waals surface area contributed by atoms with E-state index in [1.807, 2.05) is 60.7 Å². The maximum atomic E-state index is 13.1. The topological polar surface area (TPSA) is 53.4 Å². The Morgan fingerprint density at radius 2 is 1.65 bits per heavy atom. The van der Waals surface area contributed by atoms with Gasteiger partial charge < -0.3 is 10.0 Å². The Labute approximate surface area is 157 Å². The molecule has 0 unspecified atom stereocenters. The molecule has 4 nitrogen and oxygen atoms in total. The Hall–Kier alpha value is -2.63. The highest BCUT2D eigenvalue weighted by Gasteiger charge is 2.20. The molecular weight excluding hydrogens is 344 g/mol. The molecule has 0 aliphatic carbocycles. The first-order chi connectivity index (χ1) is 12.8. The van der Waals surface area contributed by atoms with E-state index in [1.54, 1.807) is 23.2 Å². The Morgan fingerprint density at radius 3 is 2.35 bits per heavy atom. The van der Waals surface area contributed by atoms with E-state index >= 15 is 0 Å². The molecule has 0 spiro atoms. The van der Waals surface area contributed by atoms with E-state index in [0.717, 1.165) is 10.5 Å². The molecule has 1 amide bonds. The molecule has 0 radical (unpaired) electrons. The molecule has 0 fully saturated rings. The molecule has 0 aliphatic heterocycles. The van der Waals surface area contributed by atoms with E-state index in [0.29, 0.717) is 17.1 Å². The predicted octanol–water partition coefficient (Wildman–Crippen LogP) is 3.87. The highest BCUT2D eigenvalue weighted by atomic mass is 32.2. The summed E-state index contributed by atoms with van der Waals surface area (Å²) in [5, 5.41) is 10.1. The summed E-state index contributed by atoms with van der Waals surface area (Å²) in [6, 6.07) is 23.2. The van der Waals surface area contributed by atoms with Crippen LogP contribution in [0.2, 0.25) is 0 Å². The number of aromatic nitrogens is 1. The van der Waals surface area contributed by atoms with Crippen molar-refractivity contribution in [1.82, 2.24) is 9.88 Å². The van der Waals surface area contributed by atoms with Gasteiger partial charge in [0.2, 0.25) is 0 Å². The van der Waals surface area contributed by atoms with E-state index < -0.39 is 0 Å². The first kappa shape index (κ1) is 18.2. The third kappa shape index (κ3) is 4.71. The van der Waals surface area contributed by atoms with Gasteiger partial charge in [-0.25, -0.2) is 4.98 Å². The maximum Gasteiger partial charge on any atom is 0.256 e. The van der Waals surface area contributed by atoms with Gasteiger partial charge in [0.1, 0.15) is 5.03 Å². The first-order valence-electron chi connectivity index (χ1n) is 8.40. The molecule has 26 heavy (non-hydrogen) atoms. The van der Waals surface area contributed by atoms with E-state index in [1.165, 1.54) is 11.8 Å². The third-order valence-electron chi connectivity index (χ3n) is 3.83. The van der Waals surface area contributed by atoms with Gasteiger partial charge in [0, 0.05) is 24.2 Å². The van der Waals surface area contributed by atoms with Crippen molar-refractivity contribution in [1.29, 1.82) is 0 Å². The summed E-state index contributed by atoms with van der Waals surface area (Å²) in [6.45, 7) is 0.642. The van der Waals surface area contributed by atoms with Gasteiger partial charge in [0.05, 0.1) is 12.2 Å². The fourth-order valence-corrected chi connectivity index (χ4v) is 3.48. The lowest BCUT2D eigenvalue weighted by atomic mass is 10.2. The van der Waals surface area contributed by atoms with Crippen LogP contribution in [-0.2, 0) is 6.54 Å². The predicted molar refractivity (Wildman–Crippen MR) is 103 cm³/mol. The van der Waals surface area contributed by atoms with Crippen LogP contribution in [0.3, 0.4) is 0 Å². The zero-order chi connectivity index (χ0) is 18.2. The van der Waals surface area contributed by atoms with Crippen molar-refractivity contribution in [3.8, 4) is 0 Å². The molecule has 2 aromatic carbocycles. The first-order valence-corrected chi connectivity index (χ1v) is 9.21. The number of rotatable bonds is 7. The Kier molecular flexibility index (Phi) is 6.41. The van der Waals surface area contributed by atoms with Crippen LogP contribution in [0, 0.1) is 0 Å². The summed E-state index contributed by atoms with van der Waals surface area (Å²) in [4.78, 5) is 20.2. The van der Waals surface area contributed by atoms with Crippen molar-refractivity contribution >= 4 is 17.7 Å². The van der Waals surface area contributed by atoms with Gasteiger partial charge in [-0.2, -0.15) is 0 Å². The molecule has 132 valence electrons. The smallest absolute Gasteiger partial charge is 0.256 e. The molecule has 1 heterocycles. The van der Waals surface area contributed by atoms with Gasteiger partial charge in [-0.3, -0.25) is 4.79 Å². The van der Waals surface area contributed by atoms with E-state index in [9.17, 15) is 9.90 Å². The molecule has 0 saturated carbocycles. The van der Waals surface area contributed by atoms with Crippen LogP contribution in [0.1, 0.15) is 15.9 Å². The van der Waals surface area contributed by atoms with Gasteiger partial charge in [-0.1, -0.05) is 60.3 Å². The maximum absolute atomic E-state index is 13.1. The van der Waals surface area contributed by atoms with Crippen molar-refractivity contribution < 1.29 is 9.90 Å². The molecule has 0 aliphatic rings. The largest absolute Gasteiger partial charge is 0.395 e. The van der Waals surface area contributed by atoms with Crippen molar-refractivity contribution in [2.75, 3.05) is 13.2 Å². The highest BCUT2D eigenvalue weighted by Crippen LogP contribution is 2.29. The average molecular weight is 364 g/mol. The summed E-state index contributed by atoms with van der Waals surface area (Å²) < 4.78 is 0. The minimum absolute atomic E-state index is 0.0833. The monoisotopic (exact) mass is 364 g/mol. The van der Waals surface area contributed by atoms with Crippen molar-refractivity contribution in [2.45, 2.75) is 16.5 Å². The molecule has 1 aromatic heterocycles. The second-order valence-corrected chi connectivity index (χ2v) is 6.77. The van der Waals surface area contributed by atoms with E-state index in [-0.39, 0.29) is 19.1 Å². The molecule has 5 heteroatoms. The number of amides is 1. The molecular formula is C21H20N2O2S. The zero-order valence-electron chi connectivity index (χ0n) is 14.3. The molecule has 0 saturated heterocycles. The number of carbonyl (C=O) groups is 1. The van der Waals surface area contributed by atoms with Gasteiger partial charge in [0.25, 0.3) is 5.91 Å². The fraction of sp³-hybridized carbons (Fsp3) is 0.143. The third-order valence-corrected chi connectivity index (χ3v) is 4.86. The second kappa shape index (κ2) is 9.17. The standard InChI is InChI=1S/C21H20N2O2S/c24-15-14-23(16-17-8-3-1-4-9-17)21(25)19-12-7-13-22-20(19)26-18-10-5-2-6-11-18/h1-13,24H,14-16H2. The molecule has 1 N–H and O–H groups in total. The fourth-order valence-electron chi connectivity index (χ4n) is 2.58. The minimum Gasteiger partial charge on any atom is -0.395 e. The number of aliphatic hydroxyl groups is 1. The van der Waals surface area contributed by atoms with Crippen molar-refractivity contribution in [2.24, 2.45) is 0 Å². The Bertz CT molecular complexity index is 841. The number of hydrogen-bond donors (Lipinski definition) is 1. The second-order valence-electron chi connectivity index (χ2n) is 5.71. The van der Waals surface area contributed by atoms with Gasteiger partial charge in [-0.15, -0.1) is 0 Å². The number of pyridine rings is 1. The zero-order valence-corrected chi connectivity index (χ0v) is 15.1.